The lowest BCUT2D eigenvalue weighted by Crippen LogP contribution is -2.23. The summed E-state index contributed by atoms with van der Waals surface area (Å²) in [6, 6.07) is 0. The molecular formula is C6H10BrN. The van der Waals surface area contributed by atoms with Gasteiger partial charge in [-0.1, -0.05) is 15.9 Å². The van der Waals surface area contributed by atoms with E-state index in [0.29, 0.717) is 0 Å². The summed E-state index contributed by atoms with van der Waals surface area (Å²) in [5.41, 5.74) is 0. The molecule has 1 nitrogen and oxygen atoms in total. The normalized spacial score (nSPS) is 52.9. The molecule has 3 atom stereocenters. The molecule has 0 aromatic heterocycles. The summed E-state index contributed by atoms with van der Waals surface area (Å²) in [6.45, 7) is 2.69. The molecule has 46 valence electrons. The van der Waals surface area contributed by atoms with Crippen LogP contribution < -0.4 is 0 Å². The molecule has 2 aliphatic heterocycles. The van der Waals surface area contributed by atoms with Gasteiger partial charge in [0, 0.05) is 6.54 Å². The molecular weight excluding hydrogens is 166 g/mol. The van der Waals surface area contributed by atoms with E-state index in [2.05, 4.69) is 20.8 Å². The van der Waals surface area contributed by atoms with Crippen molar-refractivity contribution in [2.45, 2.75) is 17.8 Å². The van der Waals surface area contributed by atoms with Crippen LogP contribution in [0, 0.1) is 5.92 Å². The molecule has 0 N–H and O–H groups in total. The van der Waals surface area contributed by atoms with Gasteiger partial charge in [0.1, 0.15) is 0 Å². The maximum Gasteiger partial charge on any atom is 0.0658 e. The van der Waals surface area contributed by atoms with E-state index in [4.69, 9.17) is 0 Å². The van der Waals surface area contributed by atoms with E-state index >= 15 is 0 Å². The van der Waals surface area contributed by atoms with Crippen LogP contribution in [0.4, 0.5) is 0 Å². The molecule has 0 aliphatic carbocycles. The molecule has 0 spiro atoms. The van der Waals surface area contributed by atoms with Crippen LogP contribution in [-0.4, -0.2) is 22.9 Å². The first-order valence-corrected chi connectivity index (χ1v) is 4.16. The van der Waals surface area contributed by atoms with Gasteiger partial charge in [-0.15, -0.1) is 0 Å². The highest BCUT2D eigenvalue weighted by Crippen LogP contribution is 2.35. The topological polar surface area (TPSA) is 3.24 Å². The molecule has 0 amide bonds. The van der Waals surface area contributed by atoms with Gasteiger partial charge in [0.25, 0.3) is 0 Å². The van der Waals surface area contributed by atoms with Crippen LogP contribution in [0.1, 0.15) is 12.8 Å². The Kier molecular flexibility index (Phi) is 1.12. The Balaban J connectivity index is 2.11. The SMILES string of the molecule is Br[C@H]1C[C@@H]2CCN1C2. The second-order valence-corrected chi connectivity index (χ2v) is 3.88. The number of piperidine rings is 1. The summed E-state index contributed by atoms with van der Waals surface area (Å²) in [5.74, 6) is 1.03. The molecule has 2 fully saturated rings. The lowest BCUT2D eigenvalue weighted by Gasteiger charge is -2.17. The van der Waals surface area contributed by atoms with Crippen molar-refractivity contribution < 1.29 is 0 Å². The van der Waals surface area contributed by atoms with Crippen LogP contribution in [0.5, 0.6) is 0 Å². The maximum atomic E-state index is 3.62. The molecule has 8 heavy (non-hydrogen) atoms. The predicted octanol–water partition coefficient (Wildman–Crippen LogP) is 1.43. The zero-order chi connectivity index (χ0) is 5.56. The summed E-state index contributed by atoms with van der Waals surface area (Å²) >= 11 is 3.62. The van der Waals surface area contributed by atoms with Gasteiger partial charge in [-0.2, -0.15) is 0 Å². The Morgan fingerprint density at radius 3 is 2.62 bits per heavy atom. The third-order valence-corrected chi connectivity index (χ3v) is 3.19. The monoisotopic (exact) mass is 175 g/mol. The standard InChI is InChI=1S/C6H10BrN/c7-6-3-5-1-2-8(6)4-5/h5-6H,1-4H2/t5-,6+/m0/s1. The van der Waals surface area contributed by atoms with Crippen molar-refractivity contribution >= 4 is 15.9 Å². The van der Waals surface area contributed by atoms with Crippen molar-refractivity contribution in [1.82, 2.24) is 4.90 Å². The molecule has 1 unspecified atom stereocenters. The van der Waals surface area contributed by atoms with E-state index < -0.39 is 0 Å². The molecule has 2 heteroatoms. The fourth-order valence-corrected chi connectivity index (χ4v) is 2.63. The summed E-state index contributed by atoms with van der Waals surface area (Å²) < 4.78 is 0. The van der Waals surface area contributed by atoms with E-state index in [0.717, 1.165) is 10.9 Å². The smallest absolute Gasteiger partial charge is 0.0658 e. The third kappa shape index (κ3) is 0.627. The van der Waals surface area contributed by atoms with Crippen molar-refractivity contribution in [2.75, 3.05) is 13.1 Å². The fraction of sp³-hybridized carbons (Fsp3) is 1.00. The Morgan fingerprint density at radius 1 is 1.50 bits per heavy atom. The highest BCUT2D eigenvalue weighted by molar-refractivity contribution is 9.09. The largest absolute Gasteiger partial charge is 0.291 e. The van der Waals surface area contributed by atoms with Gasteiger partial charge in [-0.05, 0) is 25.3 Å². The molecule has 0 aromatic carbocycles. The molecule has 0 aromatic rings. The third-order valence-electron chi connectivity index (χ3n) is 2.24. The van der Waals surface area contributed by atoms with Gasteiger partial charge in [-0.25, -0.2) is 0 Å². The van der Waals surface area contributed by atoms with Crippen LogP contribution in [-0.2, 0) is 0 Å². The average Bonchev–Trinajstić information content (AvgIpc) is 2.23. The molecule has 2 saturated heterocycles. The highest BCUT2D eigenvalue weighted by atomic mass is 79.9. The van der Waals surface area contributed by atoms with Crippen molar-refractivity contribution in [3.8, 4) is 0 Å². The Bertz CT molecular complexity index is 103. The number of hydrogen-bond acceptors (Lipinski definition) is 1. The Labute approximate surface area is 58.2 Å². The first kappa shape index (κ1) is 5.24. The lowest BCUT2D eigenvalue weighted by atomic mass is 10.1. The molecule has 0 radical (unpaired) electrons. The number of halogens is 1. The van der Waals surface area contributed by atoms with Crippen LogP contribution in [0.15, 0.2) is 0 Å². The van der Waals surface area contributed by atoms with Crippen molar-refractivity contribution in [2.24, 2.45) is 5.92 Å². The molecule has 2 aliphatic rings. The van der Waals surface area contributed by atoms with Crippen LogP contribution in [0.3, 0.4) is 0 Å². The van der Waals surface area contributed by atoms with E-state index in [1.807, 2.05) is 0 Å². The average molecular weight is 176 g/mol. The minimum atomic E-state index is 0.723. The van der Waals surface area contributed by atoms with Crippen LogP contribution >= 0.6 is 15.9 Å². The zero-order valence-corrected chi connectivity index (χ0v) is 6.39. The zero-order valence-electron chi connectivity index (χ0n) is 4.81. The van der Waals surface area contributed by atoms with E-state index in [1.165, 1.54) is 25.9 Å². The Hall–Kier alpha value is 0.440. The van der Waals surface area contributed by atoms with Gasteiger partial charge in [0.05, 0.1) is 4.95 Å². The summed E-state index contributed by atoms with van der Waals surface area (Å²) in [7, 11) is 0. The van der Waals surface area contributed by atoms with Crippen molar-refractivity contribution in [1.29, 1.82) is 0 Å². The summed E-state index contributed by atoms with van der Waals surface area (Å²) in [5, 5.41) is 0. The number of fused-ring (bicyclic) bond motifs is 2. The molecule has 2 bridgehead atoms. The van der Waals surface area contributed by atoms with Gasteiger partial charge in [0.15, 0.2) is 0 Å². The van der Waals surface area contributed by atoms with Gasteiger partial charge >= 0.3 is 0 Å². The number of nitrogens with zero attached hydrogens (tertiary/aromatic N) is 1. The highest BCUT2D eigenvalue weighted by Gasteiger charge is 2.35. The lowest BCUT2D eigenvalue weighted by molar-refractivity contribution is 0.345. The van der Waals surface area contributed by atoms with Gasteiger partial charge < -0.3 is 0 Å². The minimum Gasteiger partial charge on any atom is -0.291 e. The first-order chi connectivity index (χ1) is 3.86. The molecule has 0 saturated carbocycles. The molecule has 2 rings (SSSR count). The van der Waals surface area contributed by atoms with E-state index in [-0.39, 0.29) is 0 Å². The van der Waals surface area contributed by atoms with Crippen LogP contribution in [0.2, 0.25) is 0 Å². The Morgan fingerprint density at radius 2 is 2.38 bits per heavy atom. The van der Waals surface area contributed by atoms with Gasteiger partial charge in [0.2, 0.25) is 0 Å². The minimum absolute atomic E-state index is 0.723. The maximum absolute atomic E-state index is 3.62. The summed E-state index contributed by atoms with van der Waals surface area (Å²) in [6.07, 6.45) is 2.84. The predicted molar refractivity (Wildman–Crippen MR) is 37.0 cm³/mol. The quantitative estimate of drug-likeness (QED) is 0.398. The second kappa shape index (κ2) is 1.71. The van der Waals surface area contributed by atoms with Gasteiger partial charge in [-0.3, -0.25) is 4.90 Å². The number of alkyl halides is 1. The number of hydrogen-bond donors (Lipinski definition) is 0. The van der Waals surface area contributed by atoms with E-state index in [9.17, 15) is 0 Å². The fourth-order valence-electron chi connectivity index (χ4n) is 1.73. The van der Waals surface area contributed by atoms with E-state index in [1.54, 1.807) is 0 Å². The van der Waals surface area contributed by atoms with Crippen molar-refractivity contribution in [3.63, 3.8) is 0 Å². The molecule has 2 heterocycles. The summed E-state index contributed by atoms with van der Waals surface area (Å²) in [4.78, 5) is 3.24. The first-order valence-electron chi connectivity index (χ1n) is 3.24. The second-order valence-electron chi connectivity index (χ2n) is 2.82. The van der Waals surface area contributed by atoms with Crippen LogP contribution in [0.25, 0.3) is 0 Å². The number of rotatable bonds is 0. The van der Waals surface area contributed by atoms with Crippen molar-refractivity contribution in [3.05, 3.63) is 0 Å².